The molecule has 0 heteroatoms. The molecular formula is C62H52. The van der Waals surface area contributed by atoms with E-state index in [1.807, 2.05) is 0 Å². The maximum atomic E-state index is 2.67. The molecule has 0 atom stereocenters. The van der Waals surface area contributed by atoms with E-state index >= 15 is 0 Å². The van der Waals surface area contributed by atoms with Crippen molar-refractivity contribution in [1.82, 2.24) is 0 Å². The molecule has 12 rings (SSSR count). The van der Waals surface area contributed by atoms with Crippen LogP contribution in [0, 0.1) is 10.8 Å². The molecular weight excluding hydrogens is 745 g/mol. The average Bonchev–Trinajstić information content (AvgIpc) is 3.73. The molecule has 0 unspecified atom stereocenters. The molecule has 2 aliphatic rings. The van der Waals surface area contributed by atoms with Crippen LogP contribution in [0.1, 0.15) is 77.6 Å². The van der Waals surface area contributed by atoms with Crippen molar-refractivity contribution in [1.29, 1.82) is 0 Å². The minimum absolute atomic E-state index is 0.0857. The fourth-order valence-corrected chi connectivity index (χ4v) is 13.3. The maximum absolute atomic E-state index is 2.67. The lowest BCUT2D eigenvalue weighted by Gasteiger charge is -2.53. The number of hydrogen-bond donors (Lipinski definition) is 0. The van der Waals surface area contributed by atoms with Gasteiger partial charge in [0, 0.05) is 10.8 Å². The predicted octanol–water partition coefficient (Wildman–Crippen LogP) is 17.5. The molecule has 0 saturated heterocycles. The Morgan fingerprint density at radius 3 is 1.29 bits per heavy atom. The third kappa shape index (κ3) is 4.63. The molecule has 62 heavy (non-hydrogen) atoms. The van der Waals surface area contributed by atoms with Crippen molar-refractivity contribution in [2.24, 2.45) is 10.8 Å². The Bertz CT molecular complexity index is 3490. The fraction of sp³-hybridized carbons (Fsp3) is 0.194. The van der Waals surface area contributed by atoms with Crippen LogP contribution < -0.4 is 0 Å². The van der Waals surface area contributed by atoms with E-state index in [2.05, 4.69) is 225 Å². The van der Waals surface area contributed by atoms with Crippen molar-refractivity contribution in [3.63, 3.8) is 0 Å². The van der Waals surface area contributed by atoms with E-state index in [0.717, 1.165) is 0 Å². The van der Waals surface area contributed by atoms with Crippen LogP contribution >= 0.6 is 0 Å². The van der Waals surface area contributed by atoms with Crippen molar-refractivity contribution in [2.45, 2.75) is 66.2 Å². The van der Waals surface area contributed by atoms with E-state index in [-0.39, 0.29) is 21.7 Å². The van der Waals surface area contributed by atoms with Gasteiger partial charge in [-0.25, -0.2) is 0 Å². The van der Waals surface area contributed by atoms with Crippen LogP contribution in [0.4, 0.5) is 0 Å². The van der Waals surface area contributed by atoms with E-state index in [9.17, 15) is 0 Å². The summed E-state index contributed by atoms with van der Waals surface area (Å²) in [5.41, 5.74) is 15.7. The topological polar surface area (TPSA) is 0 Å². The second kappa shape index (κ2) is 12.5. The van der Waals surface area contributed by atoms with Gasteiger partial charge in [-0.15, -0.1) is 0 Å². The van der Waals surface area contributed by atoms with Crippen LogP contribution in [0.2, 0.25) is 0 Å². The van der Waals surface area contributed by atoms with Crippen LogP contribution in [0.15, 0.2) is 170 Å². The molecule has 10 aromatic carbocycles. The van der Waals surface area contributed by atoms with Crippen LogP contribution in [-0.2, 0) is 10.8 Å². The average molecular weight is 797 g/mol. The minimum Gasteiger partial charge on any atom is -0.0619 e. The number of benzene rings is 10. The number of fused-ring (bicyclic) bond motifs is 15. The first-order valence-electron chi connectivity index (χ1n) is 22.5. The Labute approximate surface area is 365 Å². The highest BCUT2D eigenvalue weighted by Crippen LogP contribution is 2.69. The Hall–Kier alpha value is -6.50. The summed E-state index contributed by atoms with van der Waals surface area (Å²) in [5, 5.41) is 13.2. The van der Waals surface area contributed by atoms with Gasteiger partial charge in [0.25, 0.3) is 0 Å². The third-order valence-corrected chi connectivity index (χ3v) is 15.3. The van der Waals surface area contributed by atoms with Crippen LogP contribution in [-0.4, -0.2) is 0 Å². The highest BCUT2D eigenvalue weighted by atomic mass is 14.6. The summed E-state index contributed by atoms with van der Waals surface area (Å²) in [6, 6.07) is 65.0. The SMILES string of the molecule is CC1(C)c2ccccc2-c2ccc(-c3c4ccccc4c(-c4cc5c(c6ccccc46)-c4c(c6ccccc6c6ccccc46)C5(C(C)(C)C)C(C)(C)C)c4ccccc34)cc21. The van der Waals surface area contributed by atoms with Gasteiger partial charge in [0.2, 0.25) is 0 Å². The number of rotatable bonds is 2. The van der Waals surface area contributed by atoms with Gasteiger partial charge in [-0.05, 0) is 144 Å². The van der Waals surface area contributed by atoms with Gasteiger partial charge in [-0.3, -0.25) is 0 Å². The van der Waals surface area contributed by atoms with Gasteiger partial charge in [0.05, 0.1) is 0 Å². The molecule has 0 spiro atoms. The quantitative estimate of drug-likeness (QED) is 0.121. The normalized spacial score (nSPS) is 15.0. The van der Waals surface area contributed by atoms with E-state index in [0.29, 0.717) is 0 Å². The third-order valence-electron chi connectivity index (χ3n) is 15.3. The van der Waals surface area contributed by atoms with Gasteiger partial charge < -0.3 is 0 Å². The molecule has 2 aliphatic carbocycles. The molecule has 0 fully saturated rings. The smallest absolute Gasteiger partial charge is 0.0318 e. The van der Waals surface area contributed by atoms with Crippen molar-refractivity contribution < 1.29 is 0 Å². The summed E-state index contributed by atoms with van der Waals surface area (Å²) in [6.45, 7) is 19.7. The Morgan fingerprint density at radius 1 is 0.306 bits per heavy atom. The van der Waals surface area contributed by atoms with Gasteiger partial charge in [0.15, 0.2) is 0 Å². The Morgan fingerprint density at radius 2 is 0.726 bits per heavy atom. The summed E-state index contributed by atoms with van der Waals surface area (Å²) in [7, 11) is 0. The van der Waals surface area contributed by atoms with E-state index < -0.39 is 0 Å². The van der Waals surface area contributed by atoms with E-state index in [4.69, 9.17) is 0 Å². The molecule has 0 aromatic heterocycles. The zero-order chi connectivity index (χ0) is 42.5. The highest BCUT2D eigenvalue weighted by Gasteiger charge is 2.59. The molecule has 0 amide bonds. The summed E-state index contributed by atoms with van der Waals surface area (Å²) >= 11 is 0. The lowest BCUT2D eigenvalue weighted by molar-refractivity contribution is 0.0965. The highest BCUT2D eigenvalue weighted by molar-refractivity contribution is 6.27. The fourth-order valence-electron chi connectivity index (χ4n) is 13.3. The summed E-state index contributed by atoms with van der Waals surface area (Å²) in [5.74, 6) is 0. The van der Waals surface area contributed by atoms with Gasteiger partial charge in [-0.1, -0.05) is 213 Å². The molecule has 0 radical (unpaired) electrons. The second-order valence-corrected chi connectivity index (χ2v) is 20.8. The van der Waals surface area contributed by atoms with Crippen molar-refractivity contribution >= 4 is 53.9 Å². The first-order chi connectivity index (χ1) is 29.8. The molecule has 0 aliphatic heterocycles. The molecule has 0 saturated carbocycles. The minimum atomic E-state index is -0.340. The van der Waals surface area contributed by atoms with Gasteiger partial charge in [0.1, 0.15) is 0 Å². The predicted molar refractivity (Wildman–Crippen MR) is 268 cm³/mol. The molecule has 10 aromatic rings. The maximum Gasteiger partial charge on any atom is 0.0318 e. The molecule has 0 heterocycles. The zero-order valence-corrected chi connectivity index (χ0v) is 37.2. The van der Waals surface area contributed by atoms with Crippen LogP contribution in [0.5, 0.6) is 0 Å². The zero-order valence-electron chi connectivity index (χ0n) is 37.2. The van der Waals surface area contributed by atoms with Crippen molar-refractivity contribution in [3.8, 4) is 44.5 Å². The molecule has 300 valence electrons. The Balaban J connectivity index is 1.23. The standard InChI is InChI=1S/C62H52/c1-59(2,3)62(60(4,5)6)53-36-50(40-23-10-12-25-43(40)56(53)57-44-26-13-9-21-38(44)39-22-11-18-31-49(39)58(57)62)55-47-29-16-14-27-45(47)54(46-28-15-17-30-48(46)55)37-33-34-42-41-24-19-20-32-51(41)61(7,8)52(42)35-37/h9-36H,1-8H3. The molecule has 0 N–H and O–H groups in total. The summed E-state index contributed by atoms with van der Waals surface area (Å²) < 4.78 is 0. The summed E-state index contributed by atoms with van der Waals surface area (Å²) in [6.07, 6.45) is 0. The first kappa shape index (κ1) is 37.3. The monoisotopic (exact) mass is 796 g/mol. The largest absolute Gasteiger partial charge is 0.0619 e. The van der Waals surface area contributed by atoms with Crippen molar-refractivity contribution in [3.05, 3.63) is 192 Å². The molecule has 0 bridgehead atoms. The lowest BCUT2D eigenvalue weighted by Crippen LogP contribution is -2.50. The number of hydrogen-bond acceptors (Lipinski definition) is 0. The summed E-state index contributed by atoms with van der Waals surface area (Å²) in [4.78, 5) is 0. The van der Waals surface area contributed by atoms with Gasteiger partial charge >= 0.3 is 0 Å². The van der Waals surface area contributed by atoms with Crippen molar-refractivity contribution in [2.75, 3.05) is 0 Å². The van der Waals surface area contributed by atoms with Crippen LogP contribution in [0.3, 0.4) is 0 Å². The van der Waals surface area contributed by atoms with E-state index in [1.54, 1.807) is 0 Å². The molecule has 0 nitrogen and oxygen atoms in total. The van der Waals surface area contributed by atoms with Gasteiger partial charge in [-0.2, -0.15) is 0 Å². The first-order valence-corrected chi connectivity index (χ1v) is 22.5. The second-order valence-electron chi connectivity index (χ2n) is 20.8. The van der Waals surface area contributed by atoms with E-state index in [1.165, 1.54) is 121 Å². The Kier molecular flexibility index (Phi) is 7.54. The van der Waals surface area contributed by atoms with Crippen LogP contribution in [0.25, 0.3) is 98.4 Å². The lowest BCUT2D eigenvalue weighted by atomic mass is 9.49.